The standard InChI is InChI=1S/C18H22ClN3O3.HI/c1-12(25-17-7-5-4-6-16(17)24-3)11-21-18(20)22-13-8-9-15(23-2)14(19)10-13;/h4-10,12H,11H2,1-3H3,(H3,20,21,22);1H. The van der Waals surface area contributed by atoms with Crippen LogP contribution in [0.15, 0.2) is 47.5 Å². The molecule has 142 valence electrons. The number of nitrogens with one attached hydrogen (secondary N) is 1. The van der Waals surface area contributed by atoms with Gasteiger partial charge in [0.05, 0.1) is 25.8 Å². The first kappa shape index (κ1) is 22.2. The minimum absolute atomic E-state index is 0. The van der Waals surface area contributed by atoms with Crippen molar-refractivity contribution in [1.82, 2.24) is 0 Å². The van der Waals surface area contributed by atoms with Gasteiger partial charge in [0.2, 0.25) is 0 Å². The lowest BCUT2D eigenvalue weighted by atomic mass is 10.3. The van der Waals surface area contributed by atoms with Gasteiger partial charge in [-0.3, -0.25) is 0 Å². The van der Waals surface area contributed by atoms with E-state index >= 15 is 0 Å². The first-order valence-corrected chi connectivity index (χ1v) is 8.11. The van der Waals surface area contributed by atoms with E-state index in [1.54, 1.807) is 26.4 Å². The van der Waals surface area contributed by atoms with Crippen LogP contribution in [0.4, 0.5) is 5.69 Å². The minimum Gasteiger partial charge on any atom is -0.495 e. The van der Waals surface area contributed by atoms with E-state index in [0.717, 1.165) is 5.69 Å². The molecule has 2 aromatic carbocycles. The molecule has 1 unspecified atom stereocenters. The van der Waals surface area contributed by atoms with E-state index < -0.39 is 0 Å². The van der Waals surface area contributed by atoms with Gasteiger partial charge in [0.15, 0.2) is 17.5 Å². The summed E-state index contributed by atoms with van der Waals surface area (Å²) >= 11 is 6.08. The highest BCUT2D eigenvalue weighted by atomic mass is 127. The van der Waals surface area contributed by atoms with Crippen molar-refractivity contribution >= 4 is 47.2 Å². The number of hydrogen-bond donors (Lipinski definition) is 2. The van der Waals surface area contributed by atoms with Crippen LogP contribution in [0, 0.1) is 0 Å². The van der Waals surface area contributed by atoms with Gasteiger partial charge in [0, 0.05) is 5.69 Å². The van der Waals surface area contributed by atoms with Crippen molar-refractivity contribution in [3.05, 3.63) is 47.5 Å². The van der Waals surface area contributed by atoms with Gasteiger partial charge in [0.1, 0.15) is 11.9 Å². The van der Waals surface area contributed by atoms with Crippen LogP contribution < -0.4 is 25.3 Å². The number of guanidine groups is 1. The lowest BCUT2D eigenvalue weighted by Crippen LogP contribution is -2.25. The van der Waals surface area contributed by atoms with Crippen LogP contribution >= 0.6 is 35.6 Å². The Labute approximate surface area is 175 Å². The Morgan fingerprint density at radius 2 is 1.77 bits per heavy atom. The Balaban J connectivity index is 0.00000338. The highest BCUT2D eigenvalue weighted by Gasteiger charge is 2.08. The Morgan fingerprint density at radius 3 is 2.38 bits per heavy atom. The Kier molecular flexibility index (Phi) is 9.36. The molecule has 6 nitrogen and oxygen atoms in total. The second-order valence-corrected chi connectivity index (χ2v) is 5.69. The molecule has 8 heteroatoms. The third-order valence-corrected chi connectivity index (χ3v) is 3.64. The summed E-state index contributed by atoms with van der Waals surface area (Å²) in [5.41, 5.74) is 6.64. The molecule has 0 fully saturated rings. The molecule has 0 bridgehead atoms. The molecule has 3 N–H and O–H groups in total. The van der Waals surface area contributed by atoms with Crippen LogP contribution in [0.5, 0.6) is 17.2 Å². The van der Waals surface area contributed by atoms with Crippen molar-refractivity contribution in [3.63, 3.8) is 0 Å². The highest BCUT2D eigenvalue weighted by molar-refractivity contribution is 14.0. The van der Waals surface area contributed by atoms with E-state index in [1.165, 1.54) is 0 Å². The molecule has 0 saturated heterocycles. The number of anilines is 1. The Bertz CT molecular complexity index is 743. The molecule has 0 aromatic heterocycles. The Morgan fingerprint density at radius 1 is 1.12 bits per heavy atom. The number of ether oxygens (including phenoxy) is 3. The summed E-state index contributed by atoms with van der Waals surface area (Å²) in [6.07, 6.45) is -0.170. The maximum atomic E-state index is 6.08. The SMILES string of the molecule is COc1ccc(NC(N)=NCC(C)Oc2ccccc2OC)cc1Cl.I. The van der Waals surface area contributed by atoms with Crippen molar-refractivity contribution in [2.45, 2.75) is 13.0 Å². The number of rotatable bonds is 7. The predicted octanol–water partition coefficient (Wildman–Crippen LogP) is 4.17. The van der Waals surface area contributed by atoms with E-state index in [0.29, 0.717) is 28.8 Å². The zero-order valence-electron chi connectivity index (χ0n) is 14.9. The number of methoxy groups -OCH3 is 2. The van der Waals surface area contributed by atoms with Crippen LogP contribution in [0.2, 0.25) is 5.02 Å². The van der Waals surface area contributed by atoms with Gasteiger partial charge in [-0.1, -0.05) is 23.7 Å². The molecule has 0 aliphatic rings. The van der Waals surface area contributed by atoms with Crippen molar-refractivity contribution in [1.29, 1.82) is 0 Å². The number of halogens is 2. The second-order valence-electron chi connectivity index (χ2n) is 5.28. The number of aliphatic imine (C=N–C) groups is 1. The number of nitrogens with two attached hydrogens (primary N) is 1. The van der Waals surface area contributed by atoms with E-state index in [2.05, 4.69) is 10.3 Å². The van der Waals surface area contributed by atoms with Crippen molar-refractivity contribution in [2.24, 2.45) is 10.7 Å². The summed E-state index contributed by atoms with van der Waals surface area (Å²) in [5, 5.41) is 3.48. The largest absolute Gasteiger partial charge is 0.495 e. The van der Waals surface area contributed by atoms with Gasteiger partial charge in [-0.05, 0) is 37.3 Å². The fourth-order valence-corrected chi connectivity index (χ4v) is 2.39. The topological polar surface area (TPSA) is 78.1 Å². The van der Waals surface area contributed by atoms with Gasteiger partial charge in [-0.15, -0.1) is 24.0 Å². The lowest BCUT2D eigenvalue weighted by molar-refractivity contribution is 0.219. The minimum atomic E-state index is -0.170. The molecule has 0 saturated carbocycles. The summed E-state index contributed by atoms with van der Waals surface area (Å²) in [6, 6.07) is 12.7. The van der Waals surface area contributed by atoms with Crippen LogP contribution in [-0.4, -0.2) is 32.8 Å². The van der Waals surface area contributed by atoms with Crippen LogP contribution in [0.3, 0.4) is 0 Å². The van der Waals surface area contributed by atoms with Gasteiger partial charge >= 0.3 is 0 Å². The average Bonchev–Trinajstić information content (AvgIpc) is 2.60. The molecule has 2 aromatic rings. The zero-order chi connectivity index (χ0) is 18.2. The summed E-state index contributed by atoms with van der Waals surface area (Å²) in [5.74, 6) is 2.22. The summed E-state index contributed by atoms with van der Waals surface area (Å²) in [7, 11) is 3.17. The molecule has 0 spiro atoms. The van der Waals surface area contributed by atoms with Crippen molar-refractivity contribution in [3.8, 4) is 17.2 Å². The molecule has 0 amide bonds. The summed E-state index contributed by atoms with van der Waals surface area (Å²) in [6.45, 7) is 2.30. The predicted molar refractivity (Wildman–Crippen MR) is 117 cm³/mol. The third-order valence-electron chi connectivity index (χ3n) is 3.34. The Hall–Kier alpha value is -1.87. The first-order valence-electron chi connectivity index (χ1n) is 7.73. The molecule has 2 rings (SSSR count). The van der Waals surface area contributed by atoms with E-state index in [9.17, 15) is 0 Å². The summed E-state index contributed by atoms with van der Waals surface area (Å²) < 4.78 is 16.2. The fraction of sp³-hybridized carbons (Fsp3) is 0.278. The van der Waals surface area contributed by atoms with Crippen LogP contribution in [0.1, 0.15) is 6.92 Å². The lowest BCUT2D eigenvalue weighted by Gasteiger charge is -2.15. The fourth-order valence-electron chi connectivity index (χ4n) is 2.13. The number of nitrogens with zero attached hydrogens (tertiary/aromatic N) is 1. The monoisotopic (exact) mass is 491 g/mol. The van der Waals surface area contributed by atoms with E-state index in [1.807, 2.05) is 37.3 Å². The molecule has 0 aliphatic carbocycles. The van der Waals surface area contributed by atoms with Gasteiger partial charge in [-0.2, -0.15) is 0 Å². The van der Waals surface area contributed by atoms with E-state index in [-0.39, 0.29) is 36.0 Å². The maximum Gasteiger partial charge on any atom is 0.193 e. The quantitative estimate of drug-likeness (QED) is 0.345. The normalized spacial score (nSPS) is 11.9. The van der Waals surface area contributed by atoms with Gasteiger partial charge < -0.3 is 25.3 Å². The molecule has 0 aliphatic heterocycles. The number of benzene rings is 2. The van der Waals surface area contributed by atoms with Gasteiger partial charge in [-0.25, -0.2) is 4.99 Å². The average molecular weight is 492 g/mol. The molecule has 0 radical (unpaired) electrons. The molecule has 0 heterocycles. The third kappa shape index (κ3) is 6.45. The molecule has 1 atom stereocenters. The molecular formula is C18H23ClIN3O3. The number of hydrogen-bond acceptors (Lipinski definition) is 4. The second kappa shape index (κ2) is 11.0. The summed E-state index contributed by atoms with van der Waals surface area (Å²) in [4.78, 5) is 4.29. The van der Waals surface area contributed by atoms with Crippen LogP contribution in [-0.2, 0) is 0 Å². The zero-order valence-corrected chi connectivity index (χ0v) is 17.9. The highest BCUT2D eigenvalue weighted by Crippen LogP contribution is 2.27. The smallest absolute Gasteiger partial charge is 0.193 e. The van der Waals surface area contributed by atoms with Crippen LogP contribution in [0.25, 0.3) is 0 Å². The maximum absolute atomic E-state index is 6.08. The van der Waals surface area contributed by atoms with Crippen molar-refractivity contribution in [2.75, 3.05) is 26.1 Å². The molecule has 26 heavy (non-hydrogen) atoms. The molecular weight excluding hydrogens is 469 g/mol. The van der Waals surface area contributed by atoms with E-state index in [4.69, 9.17) is 31.5 Å². The van der Waals surface area contributed by atoms with Gasteiger partial charge in [0.25, 0.3) is 0 Å². The van der Waals surface area contributed by atoms with Crippen molar-refractivity contribution < 1.29 is 14.2 Å². The first-order chi connectivity index (χ1) is 12.0. The number of para-hydroxylation sites is 2.